The Labute approximate surface area is 140 Å². The van der Waals surface area contributed by atoms with Gasteiger partial charge < -0.3 is 15.1 Å². The average Bonchev–Trinajstić information content (AvgIpc) is 3.06. The van der Waals surface area contributed by atoms with Gasteiger partial charge in [0.2, 0.25) is 11.8 Å². The van der Waals surface area contributed by atoms with E-state index in [1.54, 1.807) is 16.6 Å². The molecule has 2 fully saturated rings. The van der Waals surface area contributed by atoms with Crippen molar-refractivity contribution >= 4 is 17.7 Å². The van der Waals surface area contributed by atoms with E-state index in [-0.39, 0.29) is 30.3 Å². The second kappa shape index (κ2) is 5.92. The first kappa shape index (κ1) is 16.5. The highest BCUT2D eigenvalue weighted by Crippen LogP contribution is 2.24. The van der Waals surface area contributed by atoms with Crippen LogP contribution in [0.2, 0.25) is 0 Å². The molecule has 2 aliphatic rings. The van der Waals surface area contributed by atoms with Crippen molar-refractivity contribution in [3.05, 3.63) is 17.0 Å². The van der Waals surface area contributed by atoms with Gasteiger partial charge in [-0.05, 0) is 27.2 Å². The zero-order valence-corrected chi connectivity index (χ0v) is 14.5. The van der Waals surface area contributed by atoms with Crippen molar-refractivity contribution < 1.29 is 14.4 Å². The predicted molar refractivity (Wildman–Crippen MR) is 86.4 cm³/mol. The molecule has 0 aromatic carbocycles. The van der Waals surface area contributed by atoms with Gasteiger partial charge in [0, 0.05) is 31.9 Å². The molecular formula is C16H23N5O3. The molecule has 8 nitrogen and oxygen atoms in total. The van der Waals surface area contributed by atoms with Crippen molar-refractivity contribution in [3.8, 4) is 0 Å². The molecule has 3 heterocycles. The molecule has 0 bridgehead atoms. The van der Waals surface area contributed by atoms with Crippen LogP contribution in [0.4, 0.5) is 0 Å². The molecule has 24 heavy (non-hydrogen) atoms. The molecule has 8 heteroatoms. The number of carbonyl (C=O) groups excluding carboxylic acids is 3. The lowest BCUT2D eigenvalue weighted by atomic mass is 10.1. The predicted octanol–water partition coefficient (Wildman–Crippen LogP) is -0.309. The number of aromatic nitrogens is 2. The minimum atomic E-state index is -0.456. The van der Waals surface area contributed by atoms with Crippen LogP contribution in [0.3, 0.4) is 0 Å². The van der Waals surface area contributed by atoms with Crippen LogP contribution in [-0.2, 0) is 16.1 Å². The van der Waals surface area contributed by atoms with E-state index in [4.69, 9.17) is 0 Å². The Morgan fingerprint density at radius 1 is 1.33 bits per heavy atom. The standard InChI is InChI=1S/C16H23N5O3/c1-5-21-10(3)14(9(2)18-21)15(23)17-11-6-12-16(24)19(4)8-13(22)20(12)7-11/h11-12H,5-8H2,1-4H3,(H,17,23)/t11-,12+/m1/s1. The zero-order chi connectivity index (χ0) is 17.6. The number of carbonyl (C=O) groups is 3. The molecule has 0 spiro atoms. The maximum Gasteiger partial charge on any atom is 0.255 e. The maximum atomic E-state index is 12.6. The summed E-state index contributed by atoms with van der Waals surface area (Å²) in [7, 11) is 1.63. The van der Waals surface area contributed by atoms with Gasteiger partial charge >= 0.3 is 0 Å². The van der Waals surface area contributed by atoms with Gasteiger partial charge in [-0.1, -0.05) is 0 Å². The molecule has 2 atom stereocenters. The normalized spacial score (nSPS) is 23.7. The topological polar surface area (TPSA) is 87.5 Å². The number of nitrogens with zero attached hydrogens (tertiary/aromatic N) is 4. The molecule has 3 amide bonds. The van der Waals surface area contributed by atoms with Gasteiger partial charge in [0.05, 0.1) is 17.8 Å². The Bertz CT molecular complexity index is 711. The fourth-order valence-electron chi connectivity index (χ4n) is 3.67. The van der Waals surface area contributed by atoms with E-state index in [2.05, 4.69) is 10.4 Å². The van der Waals surface area contributed by atoms with Crippen molar-refractivity contribution in [3.63, 3.8) is 0 Å². The summed E-state index contributed by atoms with van der Waals surface area (Å²) >= 11 is 0. The number of fused-ring (bicyclic) bond motifs is 1. The minimum Gasteiger partial charge on any atom is -0.347 e. The monoisotopic (exact) mass is 333 g/mol. The number of aryl methyl sites for hydroxylation is 2. The smallest absolute Gasteiger partial charge is 0.255 e. The van der Waals surface area contributed by atoms with Crippen molar-refractivity contribution in [1.82, 2.24) is 24.9 Å². The van der Waals surface area contributed by atoms with E-state index in [1.807, 2.05) is 20.8 Å². The minimum absolute atomic E-state index is 0.0579. The molecule has 2 saturated heterocycles. The van der Waals surface area contributed by atoms with E-state index in [0.29, 0.717) is 30.8 Å². The van der Waals surface area contributed by atoms with E-state index in [9.17, 15) is 14.4 Å². The Morgan fingerprint density at radius 2 is 2.04 bits per heavy atom. The lowest BCUT2D eigenvalue weighted by molar-refractivity contribution is -0.152. The molecule has 1 aromatic heterocycles. The quantitative estimate of drug-likeness (QED) is 0.822. The molecule has 0 unspecified atom stereocenters. The molecule has 130 valence electrons. The number of rotatable bonds is 3. The van der Waals surface area contributed by atoms with Gasteiger partial charge in [-0.15, -0.1) is 0 Å². The summed E-state index contributed by atoms with van der Waals surface area (Å²) < 4.78 is 1.80. The van der Waals surface area contributed by atoms with Crippen LogP contribution in [-0.4, -0.2) is 69.5 Å². The van der Waals surface area contributed by atoms with Gasteiger partial charge in [0.15, 0.2) is 0 Å². The van der Waals surface area contributed by atoms with E-state index in [1.165, 1.54) is 4.90 Å². The third-order valence-electron chi connectivity index (χ3n) is 4.90. The van der Waals surface area contributed by atoms with Crippen LogP contribution in [0.5, 0.6) is 0 Å². The SMILES string of the molecule is CCn1nc(C)c(C(=O)N[C@@H]2C[C@H]3C(=O)N(C)CC(=O)N3C2)c1C. The lowest BCUT2D eigenvalue weighted by Crippen LogP contribution is -2.55. The second-order valence-electron chi connectivity index (χ2n) is 6.52. The molecule has 0 aliphatic carbocycles. The summed E-state index contributed by atoms with van der Waals surface area (Å²) in [5, 5.41) is 7.33. The van der Waals surface area contributed by atoms with Crippen molar-refractivity contribution in [2.45, 2.75) is 45.8 Å². The number of amides is 3. The summed E-state index contributed by atoms with van der Waals surface area (Å²) in [6.07, 6.45) is 0.459. The van der Waals surface area contributed by atoms with Crippen LogP contribution in [0.15, 0.2) is 0 Å². The summed E-state index contributed by atoms with van der Waals surface area (Å²) in [5.74, 6) is -0.315. The van der Waals surface area contributed by atoms with Crippen LogP contribution >= 0.6 is 0 Å². The third-order valence-corrected chi connectivity index (χ3v) is 4.90. The lowest BCUT2D eigenvalue weighted by Gasteiger charge is -2.33. The molecular weight excluding hydrogens is 310 g/mol. The number of hydrogen-bond donors (Lipinski definition) is 1. The van der Waals surface area contributed by atoms with Crippen molar-refractivity contribution in [2.24, 2.45) is 0 Å². The fourth-order valence-corrected chi connectivity index (χ4v) is 3.67. The highest BCUT2D eigenvalue weighted by molar-refractivity contribution is 5.98. The van der Waals surface area contributed by atoms with Crippen molar-refractivity contribution in [2.75, 3.05) is 20.1 Å². The van der Waals surface area contributed by atoms with E-state index >= 15 is 0 Å². The molecule has 1 aromatic rings. The Hall–Kier alpha value is -2.38. The number of hydrogen-bond acceptors (Lipinski definition) is 4. The van der Waals surface area contributed by atoms with Gasteiger partial charge in [-0.3, -0.25) is 19.1 Å². The number of piperazine rings is 1. The Morgan fingerprint density at radius 3 is 2.67 bits per heavy atom. The molecule has 3 rings (SSSR count). The second-order valence-corrected chi connectivity index (χ2v) is 6.52. The summed E-state index contributed by atoms with van der Waals surface area (Å²) in [6, 6.07) is -0.673. The number of nitrogens with one attached hydrogen (secondary N) is 1. The first-order chi connectivity index (χ1) is 11.3. The summed E-state index contributed by atoms with van der Waals surface area (Å²) in [6.45, 7) is 6.86. The summed E-state index contributed by atoms with van der Waals surface area (Å²) in [5.41, 5.74) is 2.10. The van der Waals surface area contributed by atoms with Crippen molar-refractivity contribution in [1.29, 1.82) is 0 Å². The van der Waals surface area contributed by atoms with Gasteiger partial charge in [-0.2, -0.15) is 5.10 Å². The van der Waals surface area contributed by atoms with Crippen LogP contribution in [0.25, 0.3) is 0 Å². The van der Waals surface area contributed by atoms with Crippen LogP contribution in [0.1, 0.15) is 35.1 Å². The summed E-state index contributed by atoms with van der Waals surface area (Å²) in [4.78, 5) is 40.0. The van der Waals surface area contributed by atoms with E-state index < -0.39 is 6.04 Å². The highest BCUT2D eigenvalue weighted by atomic mass is 16.2. The van der Waals surface area contributed by atoms with Gasteiger partial charge in [0.25, 0.3) is 5.91 Å². The van der Waals surface area contributed by atoms with Crippen LogP contribution in [0, 0.1) is 13.8 Å². The average molecular weight is 333 g/mol. The van der Waals surface area contributed by atoms with E-state index in [0.717, 1.165) is 5.69 Å². The Kier molecular flexibility index (Phi) is 4.06. The molecule has 2 aliphatic heterocycles. The number of likely N-dealkylation sites (N-methyl/N-ethyl adjacent to an activating group) is 1. The molecule has 0 saturated carbocycles. The molecule has 0 radical (unpaired) electrons. The fraction of sp³-hybridized carbons (Fsp3) is 0.625. The van der Waals surface area contributed by atoms with Gasteiger partial charge in [-0.25, -0.2) is 0 Å². The molecule has 1 N–H and O–H groups in total. The zero-order valence-electron chi connectivity index (χ0n) is 14.5. The largest absolute Gasteiger partial charge is 0.347 e. The maximum absolute atomic E-state index is 12.6. The Balaban J connectivity index is 1.74. The highest BCUT2D eigenvalue weighted by Gasteiger charge is 2.45. The van der Waals surface area contributed by atoms with Gasteiger partial charge in [0.1, 0.15) is 6.04 Å². The third kappa shape index (κ3) is 2.55. The van der Waals surface area contributed by atoms with Crippen LogP contribution < -0.4 is 5.32 Å². The first-order valence-corrected chi connectivity index (χ1v) is 8.22. The first-order valence-electron chi connectivity index (χ1n) is 8.22.